The van der Waals surface area contributed by atoms with Crippen molar-refractivity contribution in [2.45, 2.75) is 27.2 Å². The van der Waals surface area contributed by atoms with Gasteiger partial charge >= 0.3 is 0 Å². The molecule has 0 fully saturated rings. The van der Waals surface area contributed by atoms with Crippen LogP contribution in [0.3, 0.4) is 0 Å². The van der Waals surface area contributed by atoms with Gasteiger partial charge in [-0.15, -0.1) is 11.3 Å². The van der Waals surface area contributed by atoms with Crippen molar-refractivity contribution in [1.29, 1.82) is 0 Å². The highest BCUT2D eigenvalue weighted by Gasteiger charge is 2.19. The quantitative estimate of drug-likeness (QED) is 0.754. The lowest BCUT2D eigenvalue weighted by Crippen LogP contribution is -2.07. The van der Waals surface area contributed by atoms with Crippen molar-refractivity contribution in [3.05, 3.63) is 56.5 Å². The number of carbonyl (C=O) groups excluding carboxylic acids is 1. The first-order chi connectivity index (χ1) is 8.54. The third-order valence-corrected chi connectivity index (χ3v) is 4.01. The molecule has 2 rings (SSSR count). The Bertz CT molecular complexity index is 575. The molecule has 3 heteroatoms. The van der Waals surface area contributed by atoms with Gasteiger partial charge in [-0.05, 0) is 60.5 Å². The molecular formula is C15H15FOS. The van der Waals surface area contributed by atoms with Crippen LogP contribution in [0.25, 0.3) is 0 Å². The number of aryl methyl sites for hydroxylation is 3. The first kappa shape index (κ1) is 13.0. The van der Waals surface area contributed by atoms with Crippen LogP contribution in [0.2, 0.25) is 0 Å². The smallest absolute Gasteiger partial charge is 0.203 e. The molecule has 0 spiro atoms. The lowest BCUT2D eigenvalue weighted by molar-refractivity contribution is 0.104. The van der Waals surface area contributed by atoms with Crippen molar-refractivity contribution in [3.8, 4) is 0 Å². The molecule has 0 radical (unpaired) electrons. The summed E-state index contributed by atoms with van der Waals surface area (Å²) in [5.74, 6) is -0.278. The topological polar surface area (TPSA) is 17.1 Å². The van der Waals surface area contributed by atoms with Crippen LogP contribution in [0.5, 0.6) is 0 Å². The van der Waals surface area contributed by atoms with Crippen LogP contribution in [0.15, 0.2) is 23.6 Å². The van der Waals surface area contributed by atoms with E-state index in [1.165, 1.54) is 23.5 Å². The van der Waals surface area contributed by atoms with E-state index in [4.69, 9.17) is 0 Å². The van der Waals surface area contributed by atoms with E-state index in [-0.39, 0.29) is 11.6 Å². The first-order valence-corrected chi connectivity index (χ1v) is 6.80. The molecule has 0 aliphatic rings. The van der Waals surface area contributed by atoms with Gasteiger partial charge in [-0.3, -0.25) is 4.79 Å². The molecule has 0 unspecified atom stereocenters. The average Bonchev–Trinajstić information content (AvgIpc) is 2.75. The van der Waals surface area contributed by atoms with Gasteiger partial charge in [0, 0.05) is 5.56 Å². The van der Waals surface area contributed by atoms with Crippen LogP contribution in [0, 0.1) is 19.7 Å². The molecule has 0 aliphatic heterocycles. The van der Waals surface area contributed by atoms with E-state index < -0.39 is 0 Å². The molecule has 0 aliphatic carbocycles. The Labute approximate surface area is 110 Å². The second-order valence-electron chi connectivity index (χ2n) is 4.37. The molecule has 0 amide bonds. The minimum Gasteiger partial charge on any atom is -0.288 e. The molecule has 0 saturated carbocycles. The van der Waals surface area contributed by atoms with Gasteiger partial charge in [0.1, 0.15) is 5.82 Å². The molecule has 1 nitrogen and oxygen atoms in total. The number of hydrogen-bond acceptors (Lipinski definition) is 2. The van der Waals surface area contributed by atoms with Crippen LogP contribution in [-0.2, 0) is 6.42 Å². The SMILES string of the molecule is CCc1ccsc1C(=O)c1c(C)cc(F)cc1C. The summed E-state index contributed by atoms with van der Waals surface area (Å²) in [5.41, 5.74) is 3.10. The van der Waals surface area contributed by atoms with E-state index in [1.54, 1.807) is 13.8 Å². The second kappa shape index (κ2) is 5.02. The normalized spacial score (nSPS) is 10.7. The van der Waals surface area contributed by atoms with E-state index in [9.17, 15) is 9.18 Å². The van der Waals surface area contributed by atoms with Crippen molar-refractivity contribution < 1.29 is 9.18 Å². The molecular weight excluding hydrogens is 247 g/mol. The Kier molecular flexibility index (Phi) is 3.62. The Morgan fingerprint density at radius 3 is 2.44 bits per heavy atom. The lowest BCUT2D eigenvalue weighted by atomic mass is 9.96. The van der Waals surface area contributed by atoms with Gasteiger partial charge in [-0.1, -0.05) is 6.92 Å². The summed E-state index contributed by atoms with van der Waals surface area (Å²) in [6.45, 7) is 5.59. The van der Waals surface area contributed by atoms with Crippen LogP contribution in [0.1, 0.15) is 38.8 Å². The number of carbonyl (C=O) groups is 1. The van der Waals surface area contributed by atoms with Crippen LogP contribution < -0.4 is 0 Å². The fourth-order valence-corrected chi connectivity index (χ4v) is 3.14. The molecule has 18 heavy (non-hydrogen) atoms. The van der Waals surface area contributed by atoms with Crippen molar-refractivity contribution >= 4 is 17.1 Å². The standard InChI is InChI=1S/C15H15FOS/c1-4-11-5-6-18-15(11)14(17)13-9(2)7-12(16)8-10(13)3/h5-8H,4H2,1-3H3. The first-order valence-electron chi connectivity index (χ1n) is 5.92. The summed E-state index contributed by atoms with van der Waals surface area (Å²) in [6.07, 6.45) is 0.837. The Balaban J connectivity index is 2.53. The van der Waals surface area contributed by atoms with Gasteiger partial charge in [-0.25, -0.2) is 4.39 Å². The number of rotatable bonds is 3. The van der Waals surface area contributed by atoms with Crippen molar-refractivity contribution in [2.24, 2.45) is 0 Å². The molecule has 1 aromatic carbocycles. The van der Waals surface area contributed by atoms with Gasteiger partial charge < -0.3 is 0 Å². The summed E-state index contributed by atoms with van der Waals surface area (Å²) in [5, 5.41) is 1.93. The van der Waals surface area contributed by atoms with Crippen molar-refractivity contribution in [3.63, 3.8) is 0 Å². The van der Waals surface area contributed by atoms with Gasteiger partial charge in [0.05, 0.1) is 4.88 Å². The maximum atomic E-state index is 13.3. The molecule has 1 heterocycles. The number of ketones is 1. The largest absolute Gasteiger partial charge is 0.288 e. The average molecular weight is 262 g/mol. The predicted octanol–water partition coefficient (Wildman–Crippen LogP) is 4.30. The van der Waals surface area contributed by atoms with Crippen LogP contribution >= 0.6 is 11.3 Å². The summed E-state index contributed by atoms with van der Waals surface area (Å²) in [6, 6.07) is 4.81. The minimum atomic E-state index is -0.288. The highest BCUT2D eigenvalue weighted by molar-refractivity contribution is 7.12. The summed E-state index contributed by atoms with van der Waals surface area (Å²) < 4.78 is 13.3. The summed E-state index contributed by atoms with van der Waals surface area (Å²) in [7, 11) is 0. The van der Waals surface area contributed by atoms with Gasteiger partial charge in [0.2, 0.25) is 5.78 Å². The van der Waals surface area contributed by atoms with E-state index in [2.05, 4.69) is 0 Å². The van der Waals surface area contributed by atoms with Crippen molar-refractivity contribution in [2.75, 3.05) is 0 Å². The number of halogens is 1. The molecule has 2 aromatic rings. The zero-order valence-corrected chi connectivity index (χ0v) is 11.5. The van der Waals surface area contributed by atoms with E-state index in [1.807, 2.05) is 18.4 Å². The number of hydrogen-bond donors (Lipinski definition) is 0. The van der Waals surface area contributed by atoms with E-state index >= 15 is 0 Å². The van der Waals surface area contributed by atoms with Crippen LogP contribution in [0.4, 0.5) is 4.39 Å². The Morgan fingerprint density at radius 2 is 1.89 bits per heavy atom. The van der Waals surface area contributed by atoms with Crippen LogP contribution in [-0.4, -0.2) is 5.78 Å². The van der Waals surface area contributed by atoms with Gasteiger partial charge in [0.15, 0.2) is 0 Å². The van der Waals surface area contributed by atoms with E-state index in [0.717, 1.165) is 16.9 Å². The molecule has 0 N–H and O–H groups in total. The maximum Gasteiger partial charge on any atom is 0.203 e. The molecule has 1 aromatic heterocycles. The zero-order chi connectivity index (χ0) is 13.3. The number of thiophene rings is 1. The number of benzene rings is 1. The van der Waals surface area contributed by atoms with Crippen molar-refractivity contribution in [1.82, 2.24) is 0 Å². The monoisotopic (exact) mass is 262 g/mol. The fraction of sp³-hybridized carbons (Fsp3) is 0.267. The third-order valence-electron chi connectivity index (χ3n) is 3.06. The zero-order valence-electron chi connectivity index (χ0n) is 10.7. The Morgan fingerprint density at radius 1 is 1.28 bits per heavy atom. The molecule has 0 bridgehead atoms. The van der Waals surface area contributed by atoms with E-state index in [0.29, 0.717) is 16.7 Å². The van der Waals surface area contributed by atoms with Gasteiger partial charge in [-0.2, -0.15) is 0 Å². The molecule has 0 atom stereocenters. The predicted molar refractivity (Wildman–Crippen MR) is 73.0 cm³/mol. The third kappa shape index (κ3) is 2.23. The lowest BCUT2D eigenvalue weighted by Gasteiger charge is -2.09. The minimum absolute atomic E-state index is 0.0110. The fourth-order valence-electron chi connectivity index (χ4n) is 2.20. The summed E-state index contributed by atoms with van der Waals surface area (Å²) >= 11 is 1.46. The highest BCUT2D eigenvalue weighted by atomic mass is 32.1. The molecule has 94 valence electrons. The maximum absolute atomic E-state index is 13.3. The summed E-state index contributed by atoms with van der Waals surface area (Å²) in [4.78, 5) is 13.3. The highest BCUT2D eigenvalue weighted by Crippen LogP contribution is 2.25. The molecule has 0 saturated heterocycles. The second-order valence-corrected chi connectivity index (χ2v) is 5.29. The van der Waals surface area contributed by atoms with Gasteiger partial charge in [0.25, 0.3) is 0 Å². The Hall–Kier alpha value is -1.48.